The highest BCUT2D eigenvalue weighted by atomic mass is 16.2. The number of aryl methyl sites for hydroxylation is 1. The SMILES string of the molecule is O=C(CNC(=O)C1CC1)NCCCc1ccccc1. The van der Waals surface area contributed by atoms with Gasteiger partial charge in [0.05, 0.1) is 6.54 Å². The zero-order chi connectivity index (χ0) is 13.5. The molecule has 1 saturated carbocycles. The van der Waals surface area contributed by atoms with E-state index in [0.717, 1.165) is 25.7 Å². The summed E-state index contributed by atoms with van der Waals surface area (Å²) in [5.74, 6) is 0.0624. The quantitative estimate of drug-likeness (QED) is 0.725. The van der Waals surface area contributed by atoms with Crippen molar-refractivity contribution in [2.24, 2.45) is 5.92 Å². The number of hydrogen-bond donors (Lipinski definition) is 2. The third kappa shape index (κ3) is 5.12. The number of nitrogens with one attached hydrogen (secondary N) is 2. The first-order valence-electron chi connectivity index (χ1n) is 6.84. The standard InChI is InChI=1S/C15H20N2O2/c18-14(11-17-15(19)13-8-9-13)16-10-4-7-12-5-2-1-3-6-12/h1-3,5-6,13H,4,7-11H2,(H,16,18)(H,17,19). The molecule has 1 aromatic carbocycles. The first-order valence-corrected chi connectivity index (χ1v) is 6.84. The Balaban J connectivity index is 1.52. The largest absolute Gasteiger partial charge is 0.355 e. The molecule has 0 atom stereocenters. The third-order valence-corrected chi connectivity index (χ3v) is 3.18. The smallest absolute Gasteiger partial charge is 0.239 e. The van der Waals surface area contributed by atoms with Gasteiger partial charge >= 0.3 is 0 Å². The second-order valence-corrected chi connectivity index (χ2v) is 4.93. The zero-order valence-corrected chi connectivity index (χ0v) is 11.0. The molecule has 2 rings (SSSR count). The van der Waals surface area contributed by atoms with E-state index in [1.807, 2.05) is 18.2 Å². The van der Waals surface area contributed by atoms with Crippen LogP contribution in [0.4, 0.5) is 0 Å². The lowest BCUT2D eigenvalue weighted by Crippen LogP contribution is -2.37. The van der Waals surface area contributed by atoms with Crippen molar-refractivity contribution in [2.45, 2.75) is 25.7 Å². The highest BCUT2D eigenvalue weighted by molar-refractivity contribution is 5.86. The molecule has 1 aliphatic rings. The van der Waals surface area contributed by atoms with Crippen LogP contribution in [0.25, 0.3) is 0 Å². The van der Waals surface area contributed by atoms with Crippen molar-refractivity contribution >= 4 is 11.8 Å². The number of amides is 2. The van der Waals surface area contributed by atoms with E-state index in [9.17, 15) is 9.59 Å². The minimum atomic E-state index is -0.109. The lowest BCUT2D eigenvalue weighted by Gasteiger charge is -2.06. The fourth-order valence-electron chi connectivity index (χ4n) is 1.88. The average molecular weight is 260 g/mol. The lowest BCUT2D eigenvalue weighted by molar-refractivity contribution is -0.126. The molecule has 2 amide bonds. The molecule has 4 heteroatoms. The van der Waals surface area contributed by atoms with Crippen LogP contribution < -0.4 is 10.6 Å². The van der Waals surface area contributed by atoms with E-state index in [2.05, 4.69) is 22.8 Å². The molecule has 0 spiro atoms. The molecule has 0 aliphatic heterocycles. The maximum Gasteiger partial charge on any atom is 0.239 e. The second kappa shape index (κ2) is 6.92. The van der Waals surface area contributed by atoms with Crippen LogP contribution in [0.15, 0.2) is 30.3 Å². The van der Waals surface area contributed by atoms with Gasteiger partial charge in [-0.2, -0.15) is 0 Å². The maximum atomic E-state index is 11.5. The number of benzene rings is 1. The van der Waals surface area contributed by atoms with E-state index >= 15 is 0 Å². The van der Waals surface area contributed by atoms with Crippen LogP contribution >= 0.6 is 0 Å². The molecule has 102 valence electrons. The number of carbonyl (C=O) groups excluding carboxylic acids is 2. The van der Waals surface area contributed by atoms with E-state index in [-0.39, 0.29) is 24.3 Å². The Morgan fingerprint density at radius 3 is 2.53 bits per heavy atom. The molecular weight excluding hydrogens is 240 g/mol. The van der Waals surface area contributed by atoms with Gasteiger partial charge in [-0.25, -0.2) is 0 Å². The van der Waals surface area contributed by atoms with E-state index < -0.39 is 0 Å². The van der Waals surface area contributed by atoms with Crippen LogP contribution in [-0.2, 0) is 16.0 Å². The van der Waals surface area contributed by atoms with E-state index in [0.29, 0.717) is 6.54 Å². The molecule has 2 N–H and O–H groups in total. The molecule has 0 radical (unpaired) electrons. The molecule has 1 fully saturated rings. The number of rotatable bonds is 7. The third-order valence-electron chi connectivity index (χ3n) is 3.18. The second-order valence-electron chi connectivity index (χ2n) is 4.93. The molecule has 0 heterocycles. The summed E-state index contributed by atoms with van der Waals surface area (Å²) in [6.07, 6.45) is 3.79. The van der Waals surface area contributed by atoms with Crippen molar-refractivity contribution < 1.29 is 9.59 Å². The van der Waals surface area contributed by atoms with Gasteiger partial charge in [-0.3, -0.25) is 9.59 Å². The highest BCUT2D eigenvalue weighted by Gasteiger charge is 2.29. The summed E-state index contributed by atoms with van der Waals surface area (Å²) >= 11 is 0. The predicted octanol–water partition coefficient (Wildman–Crippen LogP) is 1.26. The van der Waals surface area contributed by atoms with Crippen molar-refractivity contribution in [3.63, 3.8) is 0 Å². The minimum absolute atomic E-state index is 0.0134. The molecule has 1 aromatic rings. The van der Waals surface area contributed by atoms with Gasteiger partial charge in [0.2, 0.25) is 11.8 Å². The Hall–Kier alpha value is -1.84. The van der Waals surface area contributed by atoms with Crippen LogP contribution in [0, 0.1) is 5.92 Å². The van der Waals surface area contributed by atoms with Crippen molar-refractivity contribution in [1.29, 1.82) is 0 Å². The molecular formula is C15H20N2O2. The maximum absolute atomic E-state index is 11.5. The van der Waals surface area contributed by atoms with Gasteiger partial charge < -0.3 is 10.6 Å². The van der Waals surface area contributed by atoms with Gasteiger partial charge in [-0.05, 0) is 31.2 Å². The predicted molar refractivity (Wildman–Crippen MR) is 73.5 cm³/mol. The van der Waals surface area contributed by atoms with Crippen molar-refractivity contribution in [1.82, 2.24) is 10.6 Å². The average Bonchev–Trinajstić information content (AvgIpc) is 3.27. The van der Waals surface area contributed by atoms with Crippen LogP contribution in [0.5, 0.6) is 0 Å². The summed E-state index contributed by atoms with van der Waals surface area (Å²) in [5, 5.41) is 5.47. The number of carbonyl (C=O) groups is 2. The minimum Gasteiger partial charge on any atom is -0.355 e. The van der Waals surface area contributed by atoms with Crippen LogP contribution in [0.1, 0.15) is 24.8 Å². The molecule has 19 heavy (non-hydrogen) atoms. The molecule has 0 bridgehead atoms. The van der Waals surface area contributed by atoms with Gasteiger partial charge in [0.15, 0.2) is 0 Å². The summed E-state index contributed by atoms with van der Waals surface area (Å²) in [7, 11) is 0. The summed E-state index contributed by atoms with van der Waals surface area (Å²) in [5.41, 5.74) is 1.28. The van der Waals surface area contributed by atoms with Gasteiger partial charge in [0.25, 0.3) is 0 Å². The van der Waals surface area contributed by atoms with Gasteiger partial charge in [0.1, 0.15) is 0 Å². The summed E-state index contributed by atoms with van der Waals surface area (Å²) in [6.45, 7) is 0.744. The lowest BCUT2D eigenvalue weighted by atomic mass is 10.1. The summed E-state index contributed by atoms with van der Waals surface area (Å²) < 4.78 is 0. The van der Waals surface area contributed by atoms with Crippen LogP contribution in [0.3, 0.4) is 0 Å². The summed E-state index contributed by atoms with van der Waals surface area (Å²) in [6, 6.07) is 10.2. The van der Waals surface area contributed by atoms with E-state index in [1.165, 1.54) is 5.56 Å². The van der Waals surface area contributed by atoms with Crippen LogP contribution in [0.2, 0.25) is 0 Å². The van der Waals surface area contributed by atoms with E-state index in [4.69, 9.17) is 0 Å². The van der Waals surface area contributed by atoms with Crippen molar-refractivity contribution in [3.05, 3.63) is 35.9 Å². The fraction of sp³-hybridized carbons (Fsp3) is 0.467. The van der Waals surface area contributed by atoms with Crippen molar-refractivity contribution in [3.8, 4) is 0 Å². The Bertz CT molecular complexity index is 427. The Labute approximate surface area is 113 Å². The van der Waals surface area contributed by atoms with Crippen molar-refractivity contribution in [2.75, 3.05) is 13.1 Å². The van der Waals surface area contributed by atoms with E-state index in [1.54, 1.807) is 0 Å². The normalized spacial score (nSPS) is 13.9. The van der Waals surface area contributed by atoms with Gasteiger partial charge in [-0.1, -0.05) is 30.3 Å². The Kier molecular flexibility index (Phi) is 4.95. The van der Waals surface area contributed by atoms with Crippen LogP contribution in [-0.4, -0.2) is 24.9 Å². The highest BCUT2D eigenvalue weighted by Crippen LogP contribution is 2.28. The Morgan fingerprint density at radius 1 is 1.11 bits per heavy atom. The monoisotopic (exact) mass is 260 g/mol. The Morgan fingerprint density at radius 2 is 1.84 bits per heavy atom. The molecule has 1 aliphatic carbocycles. The first kappa shape index (κ1) is 13.6. The molecule has 0 saturated heterocycles. The fourth-order valence-corrected chi connectivity index (χ4v) is 1.88. The van der Waals surface area contributed by atoms with Gasteiger partial charge in [0, 0.05) is 12.5 Å². The topological polar surface area (TPSA) is 58.2 Å². The summed E-state index contributed by atoms with van der Waals surface area (Å²) in [4.78, 5) is 22.8. The molecule has 0 unspecified atom stereocenters. The molecule has 4 nitrogen and oxygen atoms in total. The number of hydrogen-bond acceptors (Lipinski definition) is 2. The van der Waals surface area contributed by atoms with Gasteiger partial charge in [-0.15, -0.1) is 0 Å². The zero-order valence-electron chi connectivity index (χ0n) is 11.0. The first-order chi connectivity index (χ1) is 9.25. The molecule has 0 aromatic heterocycles.